The zero-order valence-corrected chi connectivity index (χ0v) is 18.4. The van der Waals surface area contributed by atoms with Crippen LogP contribution in [0.25, 0.3) is 0 Å². The number of piperidine rings is 1. The van der Waals surface area contributed by atoms with Crippen molar-refractivity contribution in [2.45, 2.75) is 30.6 Å². The van der Waals surface area contributed by atoms with Crippen molar-refractivity contribution in [3.05, 3.63) is 52.5 Å². The molecule has 1 unspecified atom stereocenters. The van der Waals surface area contributed by atoms with Gasteiger partial charge < -0.3 is 10.2 Å². The van der Waals surface area contributed by atoms with E-state index < -0.39 is 9.52 Å². The van der Waals surface area contributed by atoms with Crippen molar-refractivity contribution in [3.63, 3.8) is 0 Å². The van der Waals surface area contributed by atoms with Crippen LogP contribution in [0, 0.1) is 5.41 Å². The highest BCUT2D eigenvalue weighted by atomic mass is 79.9. The summed E-state index contributed by atoms with van der Waals surface area (Å²) in [6.07, 6.45) is 6.73. The molecule has 4 nitrogen and oxygen atoms in total. The fraction of sp³-hybridized carbons (Fsp3) is 0.364. The highest BCUT2D eigenvalue weighted by Crippen LogP contribution is 2.54. The molecule has 1 amide bonds. The van der Waals surface area contributed by atoms with Gasteiger partial charge in [0.1, 0.15) is 0 Å². The summed E-state index contributed by atoms with van der Waals surface area (Å²) >= 11 is 3.55. The Morgan fingerprint density at radius 2 is 1.86 bits per heavy atom. The maximum Gasteiger partial charge on any atom is 0.257 e. The van der Waals surface area contributed by atoms with Gasteiger partial charge in [-0.15, -0.1) is 0 Å². The number of halogens is 1. The first-order valence-electron chi connectivity index (χ1n) is 9.54. The Bertz CT molecular complexity index is 1020. The van der Waals surface area contributed by atoms with Gasteiger partial charge in [-0.2, -0.15) is 0 Å². The van der Waals surface area contributed by atoms with E-state index in [9.17, 15) is 9.00 Å². The molecule has 2 aromatic rings. The first-order valence-corrected chi connectivity index (χ1v) is 12.5. The summed E-state index contributed by atoms with van der Waals surface area (Å²) in [4.78, 5) is 16.0. The number of hydrogen-bond acceptors (Lipinski definition) is 3. The quantitative estimate of drug-likeness (QED) is 0.667. The number of anilines is 2. The second-order valence-corrected chi connectivity index (χ2v) is 11.5. The van der Waals surface area contributed by atoms with Crippen LogP contribution in [0.4, 0.5) is 11.4 Å². The van der Waals surface area contributed by atoms with Gasteiger partial charge in [0.25, 0.3) is 5.91 Å². The van der Waals surface area contributed by atoms with Crippen LogP contribution in [0.2, 0.25) is 0 Å². The Morgan fingerprint density at radius 1 is 1.14 bits per heavy atom. The molecular formula is C22H25BrN2O2S. The minimum Gasteiger partial charge on any atom is -0.371 e. The molecule has 1 aliphatic heterocycles. The minimum atomic E-state index is -2.33. The largest absolute Gasteiger partial charge is 0.371 e. The molecule has 1 N–H and O–H groups in total. The van der Waals surface area contributed by atoms with Crippen LogP contribution < -0.4 is 10.2 Å². The summed E-state index contributed by atoms with van der Waals surface area (Å²) < 4.78 is 13.2. The van der Waals surface area contributed by atoms with Crippen molar-refractivity contribution in [3.8, 4) is 0 Å². The van der Waals surface area contributed by atoms with Crippen molar-refractivity contribution < 1.29 is 9.00 Å². The highest BCUT2D eigenvalue weighted by Gasteiger charge is 2.44. The van der Waals surface area contributed by atoms with Crippen LogP contribution in [0.15, 0.2) is 51.8 Å². The first kappa shape index (κ1) is 19.5. The smallest absolute Gasteiger partial charge is 0.257 e. The van der Waals surface area contributed by atoms with E-state index in [0.29, 0.717) is 21.6 Å². The van der Waals surface area contributed by atoms with Crippen molar-refractivity contribution >= 4 is 48.6 Å². The number of nitrogens with one attached hydrogen (secondary N) is 1. The number of carbonyl (C=O) groups is 1. The highest BCUT2D eigenvalue weighted by molar-refractivity contribution is 9.10. The number of hydrogen-bond donors (Lipinski definition) is 1. The van der Waals surface area contributed by atoms with Crippen molar-refractivity contribution in [1.29, 1.82) is 0 Å². The van der Waals surface area contributed by atoms with Crippen molar-refractivity contribution in [2.75, 3.05) is 29.6 Å². The molecule has 0 bridgehead atoms. The molecule has 1 saturated heterocycles. The normalized spacial score (nSPS) is 19.9. The summed E-state index contributed by atoms with van der Waals surface area (Å²) in [5.41, 5.74) is 2.85. The molecule has 4 rings (SSSR count). The van der Waals surface area contributed by atoms with E-state index in [-0.39, 0.29) is 5.91 Å². The maximum atomic E-state index is 13.0. The van der Waals surface area contributed by atoms with Crippen molar-refractivity contribution in [2.24, 2.45) is 5.41 Å². The van der Waals surface area contributed by atoms with E-state index in [4.69, 9.17) is 0 Å². The molecule has 0 aromatic heterocycles. The Balaban J connectivity index is 1.58. The predicted molar refractivity (Wildman–Crippen MR) is 121 cm³/mol. The lowest BCUT2D eigenvalue weighted by molar-refractivity contribution is 0.102. The topological polar surface area (TPSA) is 49.4 Å². The molecule has 1 aliphatic carbocycles. The number of nitrogens with zero attached hydrogens (tertiary/aromatic N) is 1. The van der Waals surface area contributed by atoms with Crippen LogP contribution in [0.3, 0.4) is 0 Å². The maximum absolute atomic E-state index is 13.0. The van der Waals surface area contributed by atoms with Crippen LogP contribution in [-0.4, -0.2) is 35.3 Å². The summed E-state index contributed by atoms with van der Waals surface area (Å²) in [7, 11) is -2.33. The molecule has 1 saturated carbocycles. The van der Waals surface area contributed by atoms with Crippen molar-refractivity contribution in [1.82, 2.24) is 0 Å². The Hall–Kier alpha value is -1.79. The molecule has 1 atom stereocenters. The number of rotatable bonds is 4. The molecule has 2 aliphatic rings. The van der Waals surface area contributed by atoms with Gasteiger partial charge in [0.05, 0.1) is 11.3 Å². The van der Waals surface area contributed by atoms with Crippen LogP contribution >= 0.6 is 15.9 Å². The van der Waals surface area contributed by atoms with Crippen LogP contribution in [0.1, 0.15) is 36.0 Å². The van der Waals surface area contributed by atoms with Crippen LogP contribution in [-0.2, 0) is 9.52 Å². The SMILES string of the molecule is C=S(C)(=O)c1cccc(NC(=O)c2ccc(Br)cc2N2CCC3(CC2)CC3)c1. The fourth-order valence-electron chi connectivity index (χ4n) is 3.90. The van der Waals surface area contributed by atoms with E-state index in [1.165, 1.54) is 25.7 Å². The van der Waals surface area contributed by atoms with Crippen LogP contribution in [0.5, 0.6) is 0 Å². The van der Waals surface area contributed by atoms with Gasteiger partial charge in [0.2, 0.25) is 0 Å². The molecule has 1 heterocycles. The Kier molecular flexibility index (Phi) is 5.04. The van der Waals surface area contributed by atoms with E-state index >= 15 is 0 Å². The molecular weight excluding hydrogens is 436 g/mol. The third-order valence-electron chi connectivity index (χ3n) is 5.92. The molecule has 148 valence electrons. The number of benzene rings is 2. The van der Waals surface area contributed by atoms with Gasteiger partial charge in [-0.3, -0.25) is 9.00 Å². The van der Waals surface area contributed by atoms with E-state index in [0.717, 1.165) is 23.2 Å². The number of carbonyl (C=O) groups excluding carboxylic acids is 1. The molecule has 1 spiro atoms. The summed E-state index contributed by atoms with van der Waals surface area (Å²) in [6.45, 7) is 1.98. The zero-order chi connectivity index (χ0) is 19.9. The lowest BCUT2D eigenvalue weighted by Gasteiger charge is -2.35. The van der Waals surface area contributed by atoms with Gasteiger partial charge in [-0.05, 0) is 82.9 Å². The van der Waals surface area contributed by atoms with Gasteiger partial charge in [-0.25, -0.2) is 0 Å². The Morgan fingerprint density at radius 3 is 2.50 bits per heavy atom. The average molecular weight is 461 g/mol. The van der Waals surface area contributed by atoms with E-state index in [1.807, 2.05) is 24.3 Å². The van der Waals surface area contributed by atoms with Gasteiger partial charge >= 0.3 is 0 Å². The molecule has 2 aromatic carbocycles. The lowest BCUT2D eigenvalue weighted by atomic mass is 9.93. The predicted octanol–water partition coefficient (Wildman–Crippen LogP) is 4.79. The van der Waals surface area contributed by atoms with Gasteiger partial charge in [-0.1, -0.05) is 22.0 Å². The summed E-state index contributed by atoms with van der Waals surface area (Å²) in [5, 5.41) is 2.96. The molecule has 28 heavy (non-hydrogen) atoms. The second-order valence-electron chi connectivity index (χ2n) is 8.14. The molecule has 6 heteroatoms. The molecule has 2 fully saturated rings. The average Bonchev–Trinajstić information content (AvgIpc) is 3.40. The van der Waals surface area contributed by atoms with E-state index in [2.05, 4.69) is 32.0 Å². The summed E-state index contributed by atoms with van der Waals surface area (Å²) in [6, 6.07) is 12.9. The summed E-state index contributed by atoms with van der Waals surface area (Å²) in [5.74, 6) is 3.57. The first-order chi connectivity index (χ1) is 13.3. The standard InChI is InChI=1S/C22H25BrN2O2S/c1-28(2,27)18-5-3-4-17(15-18)24-21(26)19-7-6-16(23)14-20(19)25-12-10-22(8-9-22)11-13-25/h3-7,14-15H,1,8-13H2,2H3,(H,24,26). The third kappa shape index (κ3) is 4.13. The lowest BCUT2D eigenvalue weighted by Crippen LogP contribution is -2.35. The molecule has 0 radical (unpaired) electrons. The van der Waals surface area contributed by atoms with Gasteiger partial charge in [0.15, 0.2) is 0 Å². The van der Waals surface area contributed by atoms with Gasteiger partial charge in [0, 0.05) is 34.4 Å². The zero-order valence-electron chi connectivity index (χ0n) is 16.0. The van der Waals surface area contributed by atoms with E-state index in [1.54, 1.807) is 24.5 Å². The Labute approximate surface area is 175 Å². The monoisotopic (exact) mass is 460 g/mol. The minimum absolute atomic E-state index is 0.155. The number of amides is 1. The second kappa shape index (κ2) is 7.23. The third-order valence-corrected chi connectivity index (χ3v) is 7.66. The fourth-order valence-corrected chi connectivity index (χ4v) is 4.99.